The van der Waals surface area contributed by atoms with Crippen molar-refractivity contribution in [1.82, 2.24) is 15.1 Å². The molecular weight excluding hydrogens is 309 g/mol. The van der Waals surface area contributed by atoms with Gasteiger partial charge in [0.15, 0.2) is 0 Å². The minimum atomic E-state index is -0.275. The summed E-state index contributed by atoms with van der Waals surface area (Å²) in [5.41, 5.74) is 1.43. The number of amides is 1. The maximum Gasteiger partial charge on any atom is 0.274 e. The SMILES string of the molecule is CC(C)c1cc(C(=O)N2CCC(Oc3ccc(F)cc3)CC2)n[nH]1. The Hall–Kier alpha value is -2.37. The first-order valence-electron chi connectivity index (χ1n) is 8.29. The molecule has 2 heterocycles. The summed E-state index contributed by atoms with van der Waals surface area (Å²) >= 11 is 0. The van der Waals surface area contributed by atoms with Gasteiger partial charge in [-0.25, -0.2) is 4.39 Å². The van der Waals surface area contributed by atoms with Crippen LogP contribution in [-0.2, 0) is 0 Å². The van der Waals surface area contributed by atoms with Gasteiger partial charge in [-0.05, 0) is 36.2 Å². The van der Waals surface area contributed by atoms with Crippen molar-refractivity contribution in [2.24, 2.45) is 0 Å². The predicted molar refractivity (Wildman–Crippen MR) is 88.6 cm³/mol. The fourth-order valence-corrected chi connectivity index (χ4v) is 2.79. The molecule has 1 aromatic carbocycles. The van der Waals surface area contributed by atoms with Gasteiger partial charge in [-0.15, -0.1) is 0 Å². The summed E-state index contributed by atoms with van der Waals surface area (Å²) in [5, 5.41) is 7.04. The molecule has 1 aliphatic heterocycles. The Morgan fingerprint density at radius 1 is 1.29 bits per heavy atom. The third-order valence-corrected chi connectivity index (χ3v) is 4.28. The molecule has 1 N–H and O–H groups in total. The summed E-state index contributed by atoms with van der Waals surface area (Å²) in [6.45, 7) is 5.38. The van der Waals surface area contributed by atoms with Crippen LogP contribution in [0.5, 0.6) is 5.75 Å². The zero-order valence-electron chi connectivity index (χ0n) is 14.0. The highest BCUT2D eigenvalue weighted by molar-refractivity contribution is 5.92. The fraction of sp³-hybridized carbons (Fsp3) is 0.444. The number of benzene rings is 1. The molecule has 1 aliphatic rings. The Labute approximate surface area is 140 Å². The standard InChI is InChI=1S/C18H22FN3O2/c1-12(2)16-11-17(21-20-16)18(23)22-9-7-15(8-10-22)24-14-5-3-13(19)4-6-14/h3-6,11-12,15H,7-10H2,1-2H3,(H,20,21). The maximum absolute atomic E-state index is 12.9. The van der Waals surface area contributed by atoms with Gasteiger partial charge in [0.1, 0.15) is 23.4 Å². The molecule has 0 saturated carbocycles. The Bertz CT molecular complexity index is 689. The van der Waals surface area contributed by atoms with E-state index in [0.717, 1.165) is 18.5 Å². The number of H-pyrrole nitrogens is 1. The number of piperidine rings is 1. The van der Waals surface area contributed by atoms with Crippen LogP contribution in [-0.4, -0.2) is 40.2 Å². The third-order valence-electron chi connectivity index (χ3n) is 4.28. The van der Waals surface area contributed by atoms with E-state index in [1.54, 1.807) is 12.1 Å². The Morgan fingerprint density at radius 2 is 1.96 bits per heavy atom. The van der Waals surface area contributed by atoms with Crippen molar-refractivity contribution in [2.45, 2.75) is 38.7 Å². The average molecular weight is 331 g/mol. The zero-order chi connectivity index (χ0) is 17.1. The summed E-state index contributed by atoms with van der Waals surface area (Å²) in [7, 11) is 0. The van der Waals surface area contributed by atoms with Gasteiger partial charge in [0.05, 0.1) is 0 Å². The van der Waals surface area contributed by atoms with Crippen molar-refractivity contribution < 1.29 is 13.9 Å². The summed E-state index contributed by atoms with van der Waals surface area (Å²) in [6, 6.07) is 7.86. The van der Waals surface area contributed by atoms with Gasteiger partial charge in [-0.2, -0.15) is 5.10 Å². The van der Waals surface area contributed by atoms with Crippen LogP contribution in [0.2, 0.25) is 0 Å². The van der Waals surface area contributed by atoms with Gasteiger partial charge in [0.25, 0.3) is 5.91 Å². The number of rotatable bonds is 4. The van der Waals surface area contributed by atoms with Crippen LogP contribution in [0.25, 0.3) is 0 Å². The minimum Gasteiger partial charge on any atom is -0.490 e. The summed E-state index contributed by atoms with van der Waals surface area (Å²) in [6.07, 6.45) is 1.56. The number of likely N-dealkylation sites (tertiary alicyclic amines) is 1. The molecule has 0 atom stereocenters. The summed E-state index contributed by atoms with van der Waals surface area (Å²) in [5.74, 6) is 0.657. The molecule has 1 saturated heterocycles. The van der Waals surface area contributed by atoms with Crippen molar-refractivity contribution in [2.75, 3.05) is 13.1 Å². The largest absolute Gasteiger partial charge is 0.490 e. The second-order valence-electron chi connectivity index (χ2n) is 6.43. The summed E-state index contributed by atoms with van der Waals surface area (Å²) < 4.78 is 18.8. The Kier molecular flexibility index (Phi) is 4.83. The highest BCUT2D eigenvalue weighted by Gasteiger charge is 2.26. The zero-order valence-corrected chi connectivity index (χ0v) is 14.0. The lowest BCUT2D eigenvalue weighted by molar-refractivity contribution is 0.0590. The molecule has 24 heavy (non-hydrogen) atoms. The second kappa shape index (κ2) is 7.03. The highest BCUT2D eigenvalue weighted by atomic mass is 19.1. The fourth-order valence-electron chi connectivity index (χ4n) is 2.79. The first kappa shape index (κ1) is 16.5. The molecule has 0 aliphatic carbocycles. The van der Waals surface area contributed by atoms with E-state index in [2.05, 4.69) is 24.0 Å². The molecule has 0 bridgehead atoms. The van der Waals surface area contributed by atoms with Crippen LogP contribution >= 0.6 is 0 Å². The number of hydrogen-bond donors (Lipinski definition) is 1. The molecule has 2 aromatic rings. The number of hydrogen-bond acceptors (Lipinski definition) is 3. The van der Waals surface area contributed by atoms with Crippen LogP contribution in [0, 0.1) is 5.82 Å². The van der Waals surface area contributed by atoms with E-state index in [4.69, 9.17) is 4.74 Å². The molecule has 1 aromatic heterocycles. The maximum atomic E-state index is 12.9. The van der Waals surface area contributed by atoms with E-state index in [1.165, 1.54) is 12.1 Å². The number of carbonyl (C=O) groups excluding carboxylic acids is 1. The van der Waals surface area contributed by atoms with E-state index in [0.29, 0.717) is 30.5 Å². The van der Waals surface area contributed by atoms with Crippen molar-refractivity contribution in [1.29, 1.82) is 0 Å². The molecule has 6 heteroatoms. The van der Waals surface area contributed by atoms with Crippen molar-refractivity contribution in [3.05, 3.63) is 47.5 Å². The number of carbonyl (C=O) groups is 1. The third kappa shape index (κ3) is 3.75. The summed E-state index contributed by atoms with van der Waals surface area (Å²) in [4.78, 5) is 14.3. The van der Waals surface area contributed by atoms with E-state index >= 15 is 0 Å². The number of nitrogens with one attached hydrogen (secondary N) is 1. The molecule has 0 spiro atoms. The average Bonchev–Trinajstić information content (AvgIpc) is 3.07. The van der Waals surface area contributed by atoms with Crippen molar-refractivity contribution >= 4 is 5.91 Å². The van der Waals surface area contributed by atoms with Gasteiger partial charge in [0.2, 0.25) is 0 Å². The molecule has 1 amide bonds. The van der Waals surface area contributed by atoms with Gasteiger partial charge >= 0.3 is 0 Å². The monoisotopic (exact) mass is 331 g/mol. The highest BCUT2D eigenvalue weighted by Crippen LogP contribution is 2.21. The number of halogens is 1. The Morgan fingerprint density at radius 3 is 2.54 bits per heavy atom. The van der Waals surface area contributed by atoms with Gasteiger partial charge in [-0.1, -0.05) is 13.8 Å². The lowest BCUT2D eigenvalue weighted by Gasteiger charge is -2.31. The molecule has 5 nitrogen and oxygen atoms in total. The molecule has 0 radical (unpaired) electrons. The normalized spacial score (nSPS) is 15.8. The van der Waals surface area contributed by atoms with E-state index in [-0.39, 0.29) is 17.8 Å². The second-order valence-corrected chi connectivity index (χ2v) is 6.43. The van der Waals surface area contributed by atoms with Gasteiger partial charge in [-0.3, -0.25) is 9.89 Å². The smallest absolute Gasteiger partial charge is 0.274 e. The molecular formula is C18H22FN3O2. The topological polar surface area (TPSA) is 58.2 Å². The first-order valence-corrected chi connectivity index (χ1v) is 8.29. The lowest BCUT2D eigenvalue weighted by atomic mass is 10.1. The number of aromatic nitrogens is 2. The van der Waals surface area contributed by atoms with Gasteiger partial charge < -0.3 is 9.64 Å². The van der Waals surface area contributed by atoms with E-state index in [1.807, 2.05) is 11.0 Å². The van der Waals surface area contributed by atoms with E-state index < -0.39 is 0 Å². The van der Waals surface area contributed by atoms with Crippen molar-refractivity contribution in [3.8, 4) is 5.75 Å². The van der Waals surface area contributed by atoms with Crippen molar-refractivity contribution in [3.63, 3.8) is 0 Å². The molecule has 1 fully saturated rings. The molecule has 128 valence electrons. The number of aromatic amines is 1. The lowest BCUT2D eigenvalue weighted by Crippen LogP contribution is -2.41. The Balaban J connectivity index is 1.54. The van der Waals surface area contributed by atoms with Gasteiger partial charge in [0, 0.05) is 31.6 Å². The first-order chi connectivity index (χ1) is 11.5. The van der Waals surface area contributed by atoms with Crippen LogP contribution in [0.4, 0.5) is 4.39 Å². The van der Waals surface area contributed by atoms with E-state index in [9.17, 15) is 9.18 Å². The predicted octanol–water partition coefficient (Wildman–Crippen LogP) is 3.36. The van der Waals surface area contributed by atoms with Crippen LogP contribution in [0.3, 0.4) is 0 Å². The van der Waals surface area contributed by atoms with Crippen LogP contribution in [0.1, 0.15) is 48.8 Å². The molecule has 0 unspecified atom stereocenters. The minimum absolute atomic E-state index is 0.0432. The number of ether oxygens (including phenoxy) is 1. The van der Waals surface area contributed by atoms with Crippen LogP contribution in [0.15, 0.2) is 30.3 Å². The molecule has 3 rings (SSSR count). The van der Waals surface area contributed by atoms with Crippen LogP contribution < -0.4 is 4.74 Å². The quantitative estimate of drug-likeness (QED) is 0.934. The number of nitrogens with zero attached hydrogens (tertiary/aromatic N) is 2.